The van der Waals surface area contributed by atoms with Gasteiger partial charge in [-0.25, -0.2) is 4.52 Å². The zero-order valence-corrected chi connectivity index (χ0v) is 17.2. The van der Waals surface area contributed by atoms with Gasteiger partial charge in [-0.3, -0.25) is 19.7 Å². The number of aryl methyl sites for hydroxylation is 2. The second-order valence-electron chi connectivity index (χ2n) is 7.92. The summed E-state index contributed by atoms with van der Waals surface area (Å²) in [6.07, 6.45) is 15.1. The molecule has 0 bridgehead atoms. The number of nitrogens with one attached hydrogen (secondary N) is 1. The van der Waals surface area contributed by atoms with Crippen molar-refractivity contribution in [3.63, 3.8) is 0 Å². The van der Waals surface area contributed by atoms with E-state index < -0.39 is 0 Å². The molecule has 3 aliphatic heterocycles. The summed E-state index contributed by atoms with van der Waals surface area (Å²) < 4.78 is 1.83. The molecule has 0 aromatic carbocycles. The first-order chi connectivity index (χ1) is 14.6. The average Bonchev–Trinajstić information content (AvgIpc) is 3.16. The van der Waals surface area contributed by atoms with Gasteiger partial charge in [0.25, 0.3) is 5.91 Å². The Labute approximate surface area is 175 Å². The lowest BCUT2D eigenvalue weighted by molar-refractivity contribution is -0.121. The second-order valence-corrected chi connectivity index (χ2v) is 7.92. The lowest BCUT2D eigenvalue weighted by atomic mass is 9.94. The summed E-state index contributed by atoms with van der Waals surface area (Å²) >= 11 is 0. The van der Waals surface area contributed by atoms with E-state index in [0.29, 0.717) is 5.92 Å². The zero-order chi connectivity index (χ0) is 20.7. The third-order valence-corrected chi connectivity index (χ3v) is 5.76. The molecule has 0 aliphatic carbocycles. The van der Waals surface area contributed by atoms with E-state index in [-0.39, 0.29) is 5.91 Å². The van der Waals surface area contributed by atoms with Crippen LogP contribution in [0.1, 0.15) is 29.9 Å². The van der Waals surface area contributed by atoms with Crippen molar-refractivity contribution in [3.8, 4) is 0 Å². The van der Waals surface area contributed by atoms with Gasteiger partial charge in [0.05, 0.1) is 46.4 Å². The smallest absolute Gasteiger partial charge is 0.255 e. The highest BCUT2D eigenvalue weighted by molar-refractivity contribution is 6.02. The first kappa shape index (κ1) is 18.7. The van der Waals surface area contributed by atoms with Gasteiger partial charge in [-0.1, -0.05) is 12.2 Å². The predicted octanol–water partition coefficient (Wildman–Crippen LogP) is 2.94. The number of piperidine rings is 1. The third kappa shape index (κ3) is 3.41. The van der Waals surface area contributed by atoms with Crippen molar-refractivity contribution in [2.24, 2.45) is 10.9 Å². The molecule has 0 radical (unpaired) electrons. The van der Waals surface area contributed by atoms with Gasteiger partial charge in [-0.15, -0.1) is 0 Å². The minimum Gasteiger partial charge on any atom is -0.317 e. The molecule has 7 heteroatoms. The Bertz CT molecular complexity index is 1170. The lowest BCUT2D eigenvalue weighted by Crippen LogP contribution is -2.32. The van der Waals surface area contributed by atoms with E-state index in [4.69, 9.17) is 0 Å². The molecule has 0 spiro atoms. The number of carbonyl (C=O) groups excluding carboxylic acids is 1. The lowest BCUT2D eigenvalue weighted by Gasteiger charge is -2.28. The molecule has 3 aliphatic rings. The Balaban J connectivity index is 1.50. The summed E-state index contributed by atoms with van der Waals surface area (Å²) in [6, 6.07) is 1.98. The second kappa shape index (κ2) is 7.50. The molecule has 5 rings (SSSR count). The van der Waals surface area contributed by atoms with Crippen LogP contribution in [0.4, 0.5) is 0 Å². The minimum atomic E-state index is -0.0960. The summed E-state index contributed by atoms with van der Waals surface area (Å²) in [5.41, 5.74) is 6.04. The molecule has 0 unspecified atom stereocenters. The van der Waals surface area contributed by atoms with Crippen LogP contribution in [0.2, 0.25) is 0 Å². The van der Waals surface area contributed by atoms with E-state index in [0.717, 1.165) is 65.5 Å². The van der Waals surface area contributed by atoms with Crippen LogP contribution in [0.5, 0.6) is 0 Å². The average molecular weight is 400 g/mol. The number of amides is 1. The van der Waals surface area contributed by atoms with Crippen molar-refractivity contribution in [3.05, 3.63) is 71.2 Å². The fourth-order valence-electron chi connectivity index (χ4n) is 4.18. The standard InChI is InChI=1S/C23H24N6O/c1-15-13-29-22(16(2)26-15)11-20(27-29)18-4-3-5-19-12-25-21(14-28(19)23(30)10-18)17-6-8-24-9-7-17/h3-5,10-14,17,24H,6-9H2,1-2H3/b4-3+,18-10+,19-5+. The summed E-state index contributed by atoms with van der Waals surface area (Å²) in [5, 5.41) is 8.05. The topological polar surface area (TPSA) is 74.9 Å². The van der Waals surface area contributed by atoms with Crippen LogP contribution in [-0.2, 0) is 4.79 Å². The highest BCUT2D eigenvalue weighted by Crippen LogP contribution is 2.28. The summed E-state index contributed by atoms with van der Waals surface area (Å²) in [4.78, 5) is 24.0. The molecule has 2 aromatic heterocycles. The van der Waals surface area contributed by atoms with Gasteiger partial charge in [-0.05, 0) is 51.9 Å². The molecule has 5 heterocycles. The van der Waals surface area contributed by atoms with E-state index in [1.165, 1.54) is 0 Å². The van der Waals surface area contributed by atoms with Crippen LogP contribution >= 0.6 is 0 Å². The van der Waals surface area contributed by atoms with Crippen LogP contribution in [0, 0.1) is 19.8 Å². The van der Waals surface area contributed by atoms with Crippen LogP contribution < -0.4 is 5.32 Å². The van der Waals surface area contributed by atoms with Crippen LogP contribution in [0.3, 0.4) is 0 Å². The Morgan fingerprint density at radius 1 is 1.20 bits per heavy atom. The Hall–Kier alpha value is -3.32. The number of nitrogens with zero attached hydrogens (tertiary/aromatic N) is 5. The first-order valence-electron chi connectivity index (χ1n) is 10.3. The van der Waals surface area contributed by atoms with Gasteiger partial charge >= 0.3 is 0 Å². The molecule has 0 atom stereocenters. The molecule has 152 valence electrons. The van der Waals surface area contributed by atoms with Crippen molar-refractivity contribution in [1.29, 1.82) is 0 Å². The molecule has 30 heavy (non-hydrogen) atoms. The highest BCUT2D eigenvalue weighted by atomic mass is 16.2. The van der Waals surface area contributed by atoms with E-state index in [1.807, 2.05) is 55.1 Å². The molecule has 0 saturated carbocycles. The fraction of sp³-hybridized carbons (Fsp3) is 0.304. The molecule has 1 N–H and O–H groups in total. The van der Waals surface area contributed by atoms with Crippen molar-refractivity contribution >= 4 is 23.2 Å². The number of aromatic nitrogens is 3. The molecule has 7 nitrogen and oxygen atoms in total. The highest BCUT2D eigenvalue weighted by Gasteiger charge is 2.24. The normalized spacial score (nSPS) is 24.4. The summed E-state index contributed by atoms with van der Waals surface area (Å²) in [6.45, 7) is 5.89. The van der Waals surface area contributed by atoms with E-state index in [1.54, 1.807) is 17.2 Å². The van der Waals surface area contributed by atoms with Gasteiger partial charge in [0.1, 0.15) is 0 Å². The van der Waals surface area contributed by atoms with Crippen LogP contribution in [0.25, 0.3) is 11.1 Å². The molecular weight excluding hydrogens is 376 g/mol. The Morgan fingerprint density at radius 3 is 2.87 bits per heavy atom. The van der Waals surface area contributed by atoms with Crippen molar-refractivity contribution in [1.82, 2.24) is 24.8 Å². The molecule has 1 saturated heterocycles. The monoisotopic (exact) mass is 400 g/mol. The zero-order valence-electron chi connectivity index (χ0n) is 17.2. The van der Waals surface area contributed by atoms with Gasteiger partial charge in [0.15, 0.2) is 0 Å². The van der Waals surface area contributed by atoms with E-state index in [9.17, 15) is 4.79 Å². The quantitative estimate of drug-likeness (QED) is 0.841. The number of fused-ring (bicyclic) bond motifs is 2. The maximum atomic E-state index is 13.2. The third-order valence-electron chi connectivity index (χ3n) is 5.76. The maximum absolute atomic E-state index is 13.2. The molecular formula is C23H24N6O. The van der Waals surface area contributed by atoms with Gasteiger partial charge in [-0.2, -0.15) is 5.10 Å². The number of allylic oxidation sites excluding steroid dienone is 6. The summed E-state index contributed by atoms with van der Waals surface area (Å²) in [7, 11) is 0. The number of rotatable bonds is 2. The predicted molar refractivity (Wildman–Crippen MR) is 117 cm³/mol. The van der Waals surface area contributed by atoms with Crippen molar-refractivity contribution < 1.29 is 4.79 Å². The largest absolute Gasteiger partial charge is 0.317 e. The summed E-state index contributed by atoms with van der Waals surface area (Å²) in [5.74, 6) is 0.291. The maximum Gasteiger partial charge on any atom is 0.255 e. The number of aliphatic imine (C=N–C) groups is 1. The Morgan fingerprint density at radius 2 is 2.03 bits per heavy atom. The van der Waals surface area contributed by atoms with Gasteiger partial charge < -0.3 is 5.32 Å². The molecule has 2 aromatic rings. The Kier molecular flexibility index (Phi) is 4.67. The first-order valence-corrected chi connectivity index (χ1v) is 10.3. The number of hydrogen-bond acceptors (Lipinski definition) is 5. The van der Waals surface area contributed by atoms with Gasteiger partial charge in [0.2, 0.25) is 0 Å². The number of hydrogen-bond donors (Lipinski definition) is 1. The van der Waals surface area contributed by atoms with Crippen LogP contribution in [-0.4, -0.2) is 44.7 Å². The number of carbonyl (C=O) groups is 1. The molecule has 1 fully saturated rings. The van der Waals surface area contributed by atoms with Crippen LogP contribution in [0.15, 0.2) is 59.2 Å². The fourth-order valence-corrected chi connectivity index (χ4v) is 4.18. The SMILES string of the molecule is Cc1cn2nc(C3=C\C(=O)N4C=C(C5CCNCC5)N=C\C4=C/C=C/3)cc2c(C)n1. The van der Waals surface area contributed by atoms with E-state index >= 15 is 0 Å². The van der Waals surface area contributed by atoms with Crippen molar-refractivity contribution in [2.75, 3.05) is 13.1 Å². The minimum absolute atomic E-state index is 0.0960. The van der Waals surface area contributed by atoms with Crippen molar-refractivity contribution in [2.45, 2.75) is 26.7 Å². The van der Waals surface area contributed by atoms with Gasteiger partial charge in [0, 0.05) is 23.8 Å². The molecule has 1 amide bonds. The van der Waals surface area contributed by atoms with E-state index in [2.05, 4.69) is 20.4 Å².